The van der Waals surface area contributed by atoms with Crippen LogP contribution in [-0.4, -0.2) is 13.1 Å². The minimum atomic E-state index is -0.362. The van der Waals surface area contributed by atoms with Gasteiger partial charge in [-0.05, 0) is 49.5 Å². The van der Waals surface area contributed by atoms with Gasteiger partial charge < -0.3 is 5.73 Å². The van der Waals surface area contributed by atoms with Crippen molar-refractivity contribution in [3.63, 3.8) is 0 Å². The Balaban J connectivity index is 2.08. The topological polar surface area (TPSA) is 38.0 Å². The number of nitrogens with one attached hydrogen (secondary N) is 1. The average Bonchev–Trinajstić information content (AvgIpc) is 2.73. The zero-order valence-corrected chi connectivity index (χ0v) is 16.2. The summed E-state index contributed by atoms with van der Waals surface area (Å²) in [6.45, 7) is 3.84. The second kappa shape index (κ2) is 9.50. The zero-order valence-electron chi connectivity index (χ0n) is 16.2. The van der Waals surface area contributed by atoms with Gasteiger partial charge in [-0.3, -0.25) is 5.32 Å². The summed E-state index contributed by atoms with van der Waals surface area (Å²) < 4.78 is 0. The summed E-state index contributed by atoms with van der Waals surface area (Å²) in [4.78, 5) is 0. The molecule has 0 amide bonds. The van der Waals surface area contributed by atoms with Gasteiger partial charge in [0.25, 0.3) is 0 Å². The fourth-order valence-corrected chi connectivity index (χ4v) is 3.71. The first-order valence-corrected chi connectivity index (χ1v) is 9.90. The predicted molar refractivity (Wildman–Crippen MR) is 115 cm³/mol. The molecule has 2 nitrogen and oxygen atoms in total. The third-order valence-electron chi connectivity index (χ3n) is 5.17. The molecule has 3 N–H and O–H groups in total. The molecule has 0 radical (unpaired) electrons. The fourth-order valence-electron chi connectivity index (χ4n) is 3.71. The zero-order chi connectivity index (χ0) is 19.0. The van der Waals surface area contributed by atoms with E-state index in [1.165, 1.54) is 22.3 Å². The maximum Gasteiger partial charge on any atom is 0.0947 e. The average molecular weight is 359 g/mol. The van der Waals surface area contributed by atoms with E-state index in [0.717, 1.165) is 32.4 Å². The molecule has 0 aliphatic carbocycles. The second-order valence-corrected chi connectivity index (χ2v) is 7.12. The van der Waals surface area contributed by atoms with E-state index in [4.69, 9.17) is 5.73 Å². The lowest BCUT2D eigenvalue weighted by Gasteiger charge is -2.37. The second-order valence-electron chi connectivity index (χ2n) is 7.12. The molecule has 0 aliphatic heterocycles. The van der Waals surface area contributed by atoms with Crippen molar-refractivity contribution in [3.8, 4) is 0 Å². The minimum Gasteiger partial charge on any atom is -0.330 e. The molecule has 0 saturated heterocycles. The van der Waals surface area contributed by atoms with Crippen LogP contribution in [0.15, 0.2) is 84.9 Å². The number of hydrogen-bond donors (Lipinski definition) is 2. The van der Waals surface area contributed by atoms with E-state index in [2.05, 4.69) is 97.2 Å². The molecule has 0 bridgehead atoms. The van der Waals surface area contributed by atoms with E-state index in [1.807, 2.05) is 0 Å². The SMILES string of the molecule is Cc1ccc(C(NCCCCCN)(c2ccccc2)c2ccccc2)cc1. The predicted octanol–water partition coefficient (Wildman–Crippen LogP) is 5.01. The lowest BCUT2D eigenvalue weighted by atomic mass is 9.76. The van der Waals surface area contributed by atoms with Gasteiger partial charge in [-0.1, -0.05) is 96.9 Å². The first kappa shape index (κ1) is 19.3. The van der Waals surface area contributed by atoms with Crippen LogP contribution in [0.1, 0.15) is 41.5 Å². The molecule has 0 aliphatic rings. The molecule has 0 spiro atoms. The summed E-state index contributed by atoms with van der Waals surface area (Å²) >= 11 is 0. The maximum absolute atomic E-state index is 5.66. The fraction of sp³-hybridized carbons (Fsp3) is 0.280. The number of rotatable bonds is 9. The van der Waals surface area contributed by atoms with Crippen LogP contribution in [0.4, 0.5) is 0 Å². The van der Waals surface area contributed by atoms with E-state index in [1.54, 1.807) is 0 Å². The van der Waals surface area contributed by atoms with Gasteiger partial charge in [0, 0.05) is 0 Å². The highest BCUT2D eigenvalue weighted by Gasteiger charge is 2.35. The Morgan fingerprint density at radius 2 is 1.19 bits per heavy atom. The van der Waals surface area contributed by atoms with Gasteiger partial charge in [-0.25, -0.2) is 0 Å². The van der Waals surface area contributed by atoms with Gasteiger partial charge in [0.05, 0.1) is 5.54 Å². The molecule has 0 atom stereocenters. The van der Waals surface area contributed by atoms with E-state index in [0.29, 0.717) is 0 Å². The lowest BCUT2D eigenvalue weighted by molar-refractivity contribution is 0.458. The molecular weight excluding hydrogens is 328 g/mol. The van der Waals surface area contributed by atoms with E-state index in [-0.39, 0.29) is 5.54 Å². The monoisotopic (exact) mass is 358 g/mol. The summed E-state index contributed by atoms with van der Waals surface area (Å²) in [7, 11) is 0. The van der Waals surface area contributed by atoms with Crippen molar-refractivity contribution in [3.05, 3.63) is 107 Å². The van der Waals surface area contributed by atoms with E-state index >= 15 is 0 Å². The molecule has 3 aromatic rings. The van der Waals surface area contributed by atoms with Crippen LogP contribution in [-0.2, 0) is 5.54 Å². The summed E-state index contributed by atoms with van der Waals surface area (Å²) in [6, 6.07) is 30.4. The van der Waals surface area contributed by atoms with Crippen molar-refractivity contribution < 1.29 is 0 Å². The Morgan fingerprint density at radius 1 is 0.667 bits per heavy atom. The smallest absolute Gasteiger partial charge is 0.0947 e. The summed E-state index contributed by atoms with van der Waals surface area (Å²) in [5.74, 6) is 0. The first-order valence-electron chi connectivity index (χ1n) is 9.90. The summed E-state index contributed by atoms with van der Waals surface area (Å²) in [5.41, 5.74) is 10.4. The van der Waals surface area contributed by atoms with Crippen molar-refractivity contribution in [1.82, 2.24) is 5.32 Å². The molecule has 2 heteroatoms. The van der Waals surface area contributed by atoms with E-state index < -0.39 is 0 Å². The molecule has 3 rings (SSSR count). The molecule has 0 fully saturated rings. The number of unbranched alkanes of at least 4 members (excludes halogenated alkanes) is 2. The highest BCUT2D eigenvalue weighted by Crippen LogP contribution is 2.36. The molecule has 140 valence electrons. The number of hydrogen-bond acceptors (Lipinski definition) is 2. The van der Waals surface area contributed by atoms with Gasteiger partial charge in [-0.15, -0.1) is 0 Å². The van der Waals surface area contributed by atoms with Crippen molar-refractivity contribution in [1.29, 1.82) is 0 Å². The van der Waals surface area contributed by atoms with Crippen LogP contribution in [0, 0.1) is 6.92 Å². The van der Waals surface area contributed by atoms with Crippen LogP contribution in [0.3, 0.4) is 0 Å². The van der Waals surface area contributed by atoms with Gasteiger partial charge in [-0.2, -0.15) is 0 Å². The lowest BCUT2D eigenvalue weighted by Crippen LogP contribution is -2.45. The maximum atomic E-state index is 5.66. The quantitative estimate of drug-likeness (QED) is 0.417. The van der Waals surface area contributed by atoms with E-state index in [9.17, 15) is 0 Å². The third kappa shape index (κ3) is 4.47. The van der Waals surface area contributed by atoms with Gasteiger partial charge in [0.1, 0.15) is 0 Å². The highest BCUT2D eigenvalue weighted by atomic mass is 15.0. The molecule has 0 saturated carbocycles. The Bertz CT molecular complexity index is 755. The molecule has 0 unspecified atom stereocenters. The minimum absolute atomic E-state index is 0.362. The number of nitrogens with two attached hydrogens (primary N) is 1. The van der Waals surface area contributed by atoms with Crippen LogP contribution in [0.5, 0.6) is 0 Å². The van der Waals surface area contributed by atoms with Crippen LogP contribution >= 0.6 is 0 Å². The normalized spacial score (nSPS) is 11.5. The Kier molecular flexibility index (Phi) is 6.80. The molecule has 27 heavy (non-hydrogen) atoms. The standard InChI is InChI=1S/C25H30N2/c1-21-15-17-24(18-16-21)25(22-11-5-2-6-12-22,23-13-7-3-8-14-23)27-20-10-4-9-19-26/h2-3,5-8,11-18,27H,4,9-10,19-20,26H2,1H3. The van der Waals surface area contributed by atoms with Crippen molar-refractivity contribution in [2.45, 2.75) is 31.7 Å². The highest BCUT2D eigenvalue weighted by molar-refractivity contribution is 5.49. The van der Waals surface area contributed by atoms with Crippen LogP contribution < -0.4 is 11.1 Å². The Morgan fingerprint density at radius 3 is 1.70 bits per heavy atom. The Hall–Kier alpha value is -2.42. The molecular formula is C25H30N2. The largest absolute Gasteiger partial charge is 0.330 e. The summed E-state index contributed by atoms with van der Waals surface area (Å²) in [5, 5.41) is 3.92. The van der Waals surface area contributed by atoms with Crippen LogP contribution in [0.2, 0.25) is 0 Å². The number of benzene rings is 3. The van der Waals surface area contributed by atoms with Crippen molar-refractivity contribution in [2.75, 3.05) is 13.1 Å². The van der Waals surface area contributed by atoms with Gasteiger partial charge in [0.2, 0.25) is 0 Å². The first-order chi connectivity index (χ1) is 13.3. The third-order valence-corrected chi connectivity index (χ3v) is 5.17. The van der Waals surface area contributed by atoms with Gasteiger partial charge >= 0.3 is 0 Å². The molecule has 0 heterocycles. The van der Waals surface area contributed by atoms with Gasteiger partial charge in [0.15, 0.2) is 0 Å². The molecule has 0 aromatic heterocycles. The summed E-state index contributed by atoms with van der Waals surface area (Å²) in [6.07, 6.45) is 3.34. The Labute approximate surface area is 163 Å². The number of aryl methyl sites for hydroxylation is 1. The van der Waals surface area contributed by atoms with Crippen molar-refractivity contribution in [2.24, 2.45) is 5.73 Å². The van der Waals surface area contributed by atoms with Crippen LogP contribution in [0.25, 0.3) is 0 Å². The van der Waals surface area contributed by atoms with Crippen molar-refractivity contribution >= 4 is 0 Å². The molecule has 3 aromatic carbocycles.